The molecule has 0 unspecified atom stereocenters. The lowest BCUT2D eigenvalue weighted by Gasteiger charge is -2.30. The maximum atomic E-state index is 8.94. The minimum atomic E-state index is -0.380. The summed E-state index contributed by atoms with van der Waals surface area (Å²) in [4.78, 5) is 0. The molecule has 0 aromatic rings. The first-order valence-electron chi connectivity index (χ1n) is 3.38. The van der Waals surface area contributed by atoms with Crippen LogP contribution in [0.25, 0.3) is 0 Å². The van der Waals surface area contributed by atoms with Gasteiger partial charge in [-0.2, -0.15) is 0 Å². The molecule has 4 nitrogen and oxygen atoms in total. The Morgan fingerprint density at radius 2 is 1.70 bits per heavy atom. The lowest BCUT2D eigenvalue weighted by molar-refractivity contribution is 0.143. The smallest absolute Gasteiger partial charge is 0.105 e. The van der Waals surface area contributed by atoms with Gasteiger partial charge in [0.05, 0.1) is 6.61 Å². The molecule has 0 aliphatic rings. The molecule has 0 radical (unpaired) electrons. The molecular formula is C6H17N3O. The number of likely N-dealkylation sites (N-methyl/N-ethyl adjacent to an activating group) is 3. The van der Waals surface area contributed by atoms with Crippen molar-refractivity contribution in [3.05, 3.63) is 0 Å². The highest BCUT2D eigenvalue weighted by Gasteiger charge is 2.22. The number of nitrogens with one attached hydrogen (secondary N) is 3. The van der Waals surface area contributed by atoms with Crippen LogP contribution in [0, 0.1) is 0 Å². The Bertz CT molecular complexity index is 74.8. The fraction of sp³-hybridized carbons (Fsp3) is 1.00. The summed E-state index contributed by atoms with van der Waals surface area (Å²) < 4.78 is 0. The molecule has 0 heterocycles. The van der Waals surface area contributed by atoms with E-state index in [1.165, 1.54) is 0 Å². The van der Waals surface area contributed by atoms with Crippen LogP contribution in [0.15, 0.2) is 0 Å². The first kappa shape index (κ1) is 9.84. The minimum absolute atomic E-state index is 0.0703. The SMILES string of the molecule is CNCC(CO)(NC)NC. The maximum absolute atomic E-state index is 8.94. The molecule has 0 aromatic carbocycles. The monoisotopic (exact) mass is 147 g/mol. The van der Waals surface area contributed by atoms with Crippen molar-refractivity contribution >= 4 is 0 Å². The van der Waals surface area contributed by atoms with Gasteiger partial charge in [-0.1, -0.05) is 0 Å². The third kappa shape index (κ3) is 2.22. The summed E-state index contributed by atoms with van der Waals surface area (Å²) in [5.41, 5.74) is -0.380. The van der Waals surface area contributed by atoms with Gasteiger partial charge in [0.25, 0.3) is 0 Å². The standard InChI is InChI=1S/C6H17N3O/c1-7-4-6(5-10,8-2)9-3/h7-10H,4-5H2,1-3H3. The van der Waals surface area contributed by atoms with Gasteiger partial charge in [-0.05, 0) is 21.1 Å². The Morgan fingerprint density at radius 1 is 1.20 bits per heavy atom. The molecule has 0 saturated heterocycles. The summed E-state index contributed by atoms with van der Waals surface area (Å²) in [5, 5.41) is 17.9. The predicted molar refractivity (Wildman–Crippen MR) is 41.9 cm³/mol. The van der Waals surface area contributed by atoms with Gasteiger partial charge in [0.1, 0.15) is 5.66 Å². The molecule has 4 heteroatoms. The van der Waals surface area contributed by atoms with E-state index in [9.17, 15) is 0 Å². The van der Waals surface area contributed by atoms with Crippen molar-refractivity contribution in [1.82, 2.24) is 16.0 Å². The summed E-state index contributed by atoms with van der Waals surface area (Å²) in [5.74, 6) is 0. The average Bonchev–Trinajstić information content (AvgIpc) is 2.01. The van der Waals surface area contributed by atoms with Gasteiger partial charge in [-0.3, -0.25) is 10.6 Å². The molecule has 10 heavy (non-hydrogen) atoms. The number of rotatable bonds is 5. The van der Waals surface area contributed by atoms with Crippen molar-refractivity contribution in [2.24, 2.45) is 0 Å². The molecule has 0 spiro atoms. The highest BCUT2D eigenvalue weighted by Crippen LogP contribution is 1.93. The minimum Gasteiger partial charge on any atom is -0.393 e. The number of hydrogen-bond acceptors (Lipinski definition) is 4. The van der Waals surface area contributed by atoms with Crippen molar-refractivity contribution in [1.29, 1.82) is 0 Å². The highest BCUT2D eigenvalue weighted by molar-refractivity contribution is 4.83. The zero-order valence-corrected chi connectivity index (χ0v) is 6.86. The van der Waals surface area contributed by atoms with Gasteiger partial charge in [0.2, 0.25) is 0 Å². The van der Waals surface area contributed by atoms with Crippen LogP contribution < -0.4 is 16.0 Å². The van der Waals surface area contributed by atoms with E-state index >= 15 is 0 Å². The van der Waals surface area contributed by atoms with Gasteiger partial charge >= 0.3 is 0 Å². The largest absolute Gasteiger partial charge is 0.393 e. The summed E-state index contributed by atoms with van der Waals surface area (Å²) in [6, 6.07) is 0. The zero-order chi connectivity index (χ0) is 8.04. The van der Waals surface area contributed by atoms with Crippen LogP contribution in [0.4, 0.5) is 0 Å². The third-order valence-electron chi connectivity index (χ3n) is 1.71. The average molecular weight is 147 g/mol. The molecule has 0 aliphatic carbocycles. The highest BCUT2D eigenvalue weighted by atomic mass is 16.3. The predicted octanol–water partition coefficient (Wildman–Crippen LogP) is -1.67. The van der Waals surface area contributed by atoms with Crippen molar-refractivity contribution in [2.45, 2.75) is 5.66 Å². The van der Waals surface area contributed by atoms with Crippen molar-refractivity contribution in [2.75, 3.05) is 34.3 Å². The second-order valence-electron chi connectivity index (χ2n) is 2.27. The fourth-order valence-corrected chi connectivity index (χ4v) is 0.818. The van der Waals surface area contributed by atoms with Crippen LogP contribution in [0.3, 0.4) is 0 Å². The summed E-state index contributed by atoms with van der Waals surface area (Å²) in [6.07, 6.45) is 0. The molecule has 0 saturated carbocycles. The van der Waals surface area contributed by atoms with E-state index in [4.69, 9.17) is 5.11 Å². The van der Waals surface area contributed by atoms with Crippen LogP contribution in [0.1, 0.15) is 0 Å². The van der Waals surface area contributed by atoms with Gasteiger partial charge in [0, 0.05) is 6.54 Å². The zero-order valence-electron chi connectivity index (χ0n) is 6.86. The molecule has 62 valence electrons. The second kappa shape index (κ2) is 4.62. The van der Waals surface area contributed by atoms with E-state index in [-0.39, 0.29) is 12.3 Å². The fourth-order valence-electron chi connectivity index (χ4n) is 0.818. The first-order chi connectivity index (χ1) is 4.74. The van der Waals surface area contributed by atoms with E-state index in [1.807, 2.05) is 21.1 Å². The number of aliphatic hydroxyl groups is 1. The Hall–Kier alpha value is -0.160. The van der Waals surface area contributed by atoms with Crippen LogP contribution in [-0.2, 0) is 0 Å². The molecular weight excluding hydrogens is 130 g/mol. The molecule has 0 rings (SSSR count). The third-order valence-corrected chi connectivity index (χ3v) is 1.71. The van der Waals surface area contributed by atoms with E-state index in [0.29, 0.717) is 6.54 Å². The van der Waals surface area contributed by atoms with Crippen molar-refractivity contribution < 1.29 is 5.11 Å². The van der Waals surface area contributed by atoms with E-state index in [1.54, 1.807) is 0 Å². The normalized spacial score (nSPS) is 12.0. The molecule has 0 aromatic heterocycles. The van der Waals surface area contributed by atoms with Gasteiger partial charge in [0.15, 0.2) is 0 Å². The van der Waals surface area contributed by atoms with Crippen molar-refractivity contribution in [3.8, 4) is 0 Å². The van der Waals surface area contributed by atoms with Crippen LogP contribution in [-0.4, -0.2) is 45.1 Å². The van der Waals surface area contributed by atoms with Crippen LogP contribution >= 0.6 is 0 Å². The van der Waals surface area contributed by atoms with E-state index in [0.717, 1.165) is 0 Å². The van der Waals surface area contributed by atoms with Gasteiger partial charge in [-0.25, -0.2) is 0 Å². The van der Waals surface area contributed by atoms with Gasteiger partial charge in [-0.15, -0.1) is 0 Å². The molecule has 4 N–H and O–H groups in total. The van der Waals surface area contributed by atoms with Gasteiger partial charge < -0.3 is 10.4 Å². The second-order valence-corrected chi connectivity index (χ2v) is 2.27. The van der Waals surface area contributed by atoms with Crippen LogP contribution in [0.5, 0.6) is 0 Å². The Labute approximate surface area is 62.0 Å². The topological polar surface area (TPSA) is 56.3 Å². The summed E-state index contributed by atoms with van der Waals surface area (Å²) in [6.45, 7) is 0.761. The number of aliphatic hydroxyl groups excluding tert-OH is 1. The summed E-state index contributed by atoms with van der Waals surface area (Å²) in [7, 11) is 5.47. The van der Waals surface area contributed by atoms with E-state index in [2.05, 4.69) is 16.0 Å². The lowest BCUT2D eigenvalue weighted by atomic mass is 10.2. The Morgan fingerprint density at radius 3 is 1.80 bits per heavy atom. The van der Waals surface area contributed by atoms with E-state index < -0.39 is 0 Å². The Kier molecular flexibility index (Phi) is 4.55. The summed E-state index contributed by atoms with van der Waals surface area (Å²) >= 11 is 0. The number of hydrogen-bond donors (Lipinski definition) is 4. The maximum Gasteiger partial charge on any atom is 0.105 e. The molecule has 0 fully saturated rings. The molecule has 0 amide bonds. The molecule has 0 aliphatic heterocycles. The Balaban J connectivity index is 3.87. The first-order valence-corrected chi connectivity index (χ1v) is 3.38. The molecule has 0 atom stereocenters. The quantitative estimate of drug-likeness (QED) is 0.351. The molecule has 0 bridgehead atoms. The van der Waals surface area contributed by atoms with Crippen molar-refractivity contribution in [3.63, 3.8) is 0 Å². The van der Waals surface area contributed by atoms with Crippen LogP contribution in [0.2, 0.25) is 0 Å². The lowest BCUT2D eigenvalue weighted by Crippen LogP contribution is -2.62.